The van der Waals surface area contributed by atoms with E-state index in [1.165, 1.54) is 57.8 Å². The standard InChI is InChI=1S/C12H24O3.2C4H9.Sn/c1-2-3-4-5-6-7-8-9-10-11(13)12(14)15;2*1-3-4-2;/h11,13H,2-10H2,1H3,(H,14,15);2*1,3-4H2,2H3;. The Morgan fingerprint density at radius 2 is 1.17 bits per heavy atom. The molecule has 0 aliphatic heterocycles. The van der Waals surface area contributed by atoms with Crippen LogP contribution in [0.25, 0.3) is 0 Å². The summed E-state index contributed by atoms with van der Waals surface area (Å²) in [6, 6.07) is 0. The minimum absolute atomic E-state index is 0.149. The molecule has 24 heavy (non-hydrogen) atoms. The molecule has 0 rings (SSSR count). The van der Waals surface area contributed by atoms with Gasteiger partial charge >= 0.3 is 75.5 Å². The predicted molar refractivity (Wildman–Crippen MR) is 106 cm³/mol. The first-order chi connectivity index (χ1) is 11.6. The van der Waals surface area contributed by atoms with E-state index in [0.29, 0.717) is 6.42 Å². The van der Waals surface area contributed by atoms with E-state index < -0.39 is 12.1 Å². The van der Waals surface area contributed by atoms with Crippen molar-refractivity contribution in [3.8, 4) is 0 Å². The number of aliphatic hydroxyl groups excluding tert-OH is 1. The maximum absolute atomic E-state index is 10.3. The molecule has 144 valence electrons. The van der Waals surface area contributed by atoms with Crippen LogP contribution < -0.4 is 0 Å². The first-order valence-electron chi connectivity index (χ1n) is 10.2. The molecule has 2 radical (unpaired) electrons. The molecule has 0 spiro atoms. The third kappa shape index (κ3) is 24.5. The summed E-state index contributed by atoms with van der Waals surface area (Å²) in [5.74, 6) is -1.10. The van der Waals surface area contributed by atoms with E-state index in [-0.39, 0.29) is 21.1 Å². The fourth-order valence-corrected chi connectivity index (χ4v) is 6.48. The number of carbonyl (C=O) groups is 1. The van der Waals surface area contributed by atoms with Crippen molar-refractivity contribution in [1.29, 1.82) is 0 Å². The molecule has 0 heterocycles. The second kappa shape index (κ2) is 23.2. The van der Waals surface area contributed by atoms with Crippen molar-refractivity contribution in [2.75, 3.05) is 0 Å². The Morgan fingerprint density at radius 3 is 1.58 bits per heavy atom. The van der Waals surface area contributed by atoms with Crippen molar-refractivity contribution < 1.29 is 15.0 Å². The van der Waals surface area contributed by atoms with E-state index in [1.807, 2.05) is 0 Å². The van der Waals surface area contributed by atoms with Crippen LogP contribution in [-0.2, 0) is 4.79 Å². The van der Waals surface area contributed by atoms with Gasteiger partial charge in [-0.1, -0.05) is 58.3 Å². The summed E-state index contributed by atoms with van der Waals surface area (Å²) in [6.07, 6.45) is 14.5. The number of hydrogen-bond donors (Lipinski definition) is 2. The summed E-state index contributed by atoms with van der Waals surface area (Å²) in [6.45, 7) is 6.78. The Hall–Kier alpha value is 0.229. The Bertz CT molecular complexity index is 241. The molecule has 0 aromatic rings. The van der Waals surface area contributed by atoms with Crippen molar-refractivity contribution >= 4 is 27.1 Å². The number of aliphatic hydroxyl groups is 1. The van der Waals surface area contributed by atoms with Crippen LogP contribution in [0.2, 0.25) is 8.87 Å². The SMILES string of the molecule is CCCCCCCCCCC(O)C(=O)O.CCC[CH2][Sn][CH2]CCC. The van der Waals surface area contributed by atoms with E-state index in [4.69, 9.17) is 10.2 Å². The van der Waals surface area contributed by atoms with Gasteiger partial charge in [-0.2, -0.15) is 0 Å². The molecular formula is C20H42O3Sn. The third-order valence-electron chi connectivity index (χ3n) is 4.03. The average molecular weight is 449 g/mol. The van der Waals surface area contributed by atoms with Gasteiger partial charge in [0.25, 0.3) is 0 Å². The summed E-state index contributed by atoms with van der Waals surface area (Å²) in [7, 11) is 0. The van der Waals surface area contributed by atoms with Gasteiger partial charge in [0.1, 0.15) is 0 Å². The summed E-state index contributed by atoms with van der Waals surface area (Å²) < 4.78 is 3.25. The summed E-state index contributed by atoms with van der Waals surface area (Å²) in [5, 5.41) is 17.4. The van der Waals surface area contributed by atoms with Gasteiger partial charge in [-0.05, 0) is 6.42 Å². The second-order valence-electron chi connectivity index (χ2n) is 6.57. The molecule has 0 bridgehead atoms. The van der Waals surface area contributed by atoms with Crippen molar-refractivity contribution in [3.05, 3.63) is 0 Å². The van der Waals surface area contributed by atoms with E-state index >= 15 is 0 Å². The predicted octanol–water partition coefficient (Wildman–Crippen LogP) is 6.09. The van der Waals surface area contributed by atoms with Gasteiger partial charge in [-0.3, -0.25) is 0 Å². The van der Waals surface area contributed by atoms with E-state index in [1.54, 1.807) is 8.87 Å². The van der Waals surface area contributed by atoms with Gasteiger partial charge in [-0.25, -0.2) is 4.79 Å². The van der Waals surface area contributed by atoms with E-state index in [9.17, 15) is 4.79 Å². The zero-order valence-corrected chi connectivity index (χ0v) is 19.3. The van der Waals surface area contributed by atoms with Gasteiger partial charge < -0.3 is 10.2 Å². The number of unbranched alkanes of at least 4 members (excludes halogenated alkanes) is 9. The molecule has 0 saturated heterocycles. The van der Waals surface area contributed by atoms with E-state index in [2.05, 4.69) is 20.8 Å². The molecule has 0 amide bonds. The first kappa shape index (κ1) is 26.5. The van der Waals surface area contributed by atoms with Gasteiger partial charge in [0.05, 0.1) is 0 Å². The second-order valence-corrected chi connectivity index (χ2v) is 10.9. The minimum atomic E-state index is -1.16. The molecule has 0 aliphatic carbocycles. The fourth-order valence-electron chi connectivity index (χ4n) is 2.32. The number of rotatable bonds is 16. The molecule has 4 heteroatoms. The monoisotopic (exact) mass is 450 g/mol. The van der Waals surface area contributed by atoms with Crippen LogP contribution in [0.3, 0.4) is 0 Å². The molecule has 3 nitrogen and oxygen atoms in total. The van der Waals surface area contributed by atoms with Crippen molar-refractivity contribution in [1.82, 2.24) is 0 Å². The van der Waals surface area contributed by atoms with Crippen LogP contribution in [0, 0.1) is 0 Å². The zero-order valence-electron chi connectivity index (χ0n) is 16.5. The zero-order chi connectivity index (χ0) is 18.5. The Morgan fingerprint density at radius 1 is 0.750 bits per heavy atom. The van der Waals surface area contributed by atoms with Crippen LogP contribution in [0.4, 0.5) is 0 Å². The first-order valence-corrected chi connectivity index (χ1v) is 14.2. The van der Waals surface area contributed by atoms with Crippen molar-refractivity contribution in [2.24, 2.45) is 0 Å². The van der Waals surface area contributed by atoms with Crippen LogP contribution in [-0.4, -0.2) is 43.4 Å². The van der Waals surface area contributed by atoms with Crippen molar-refractivity contribution in [2.45, 2.75) is 119 Å². The third-order valence-corrected chi connectivity index (χ3v) is 8.07. The fraction of sp³-hybridized carbons (Fsp3) is 0.950. The number of aliphatic carboxylic acids is 1. The number of hydrogen-bond acceptors (Lipinski definition) is 2. The molecule has 2 N–H and O–H groups in total. The summed E-state index contributed by atoms with van der Waals surface area (Å²) in [5.41, 5.74) is 0. The van der Waals surface area contributed by atoms with E-state index in [0.717, 1.165) is 19.3 Å². The van der Waals surface area contributed by atoms with Gasteiger partial charge in [0, 0.05) is 0 Å². The normalized spacial score (nSPS) is 11.7. The molecule has 0 aromatic heterocycles. The van der Waals surface area contributed by atoms with Crippen LogP contribution >= 0.6 is 0 Å². The molecular weight excluding hydrogens is 407 g/mol. The quantitative estimate of drug-likeness (QED) is 0.222. The maximum atomic E-state index is 10.3. The molecule has 0 fully saturated rings. The van der Waals surface area contributed by atoms with Crippen LogP contribution in [0.5, 0.6) is 0 Å². The summed E-state index contributed by atoms with van der Waals surface area (Å²) in [4.78, 5) is 10.3. The topological polar surface area (TPSA) is 57.5 Å². The Balaban J connectivity index is 0. The van der Waals surface area contributed by atoms with Crippen LogP contribution in [0.15, 0.2) is 0 Å². The molecule has 0 aromatic carbocycles. The molecule has 1 atom stereocenters. The number of carboxylic acid groups (broad SMARTS) is 1. The Labute approximate surface area is 161 Å². The van der Waals surface area contributed by atoms with Gasteiger partial charge in [0.15, 0.2) is 6.10 Å². The average Bonchev–Trinajstić information content (AvgIpc) is 2.57. The summed E-state index contributed by atoms with van der Waals surface area (Å²) >= 11 is 0.149. The van der Waals surface area contributed by atoms with Crippen molar-refractivity contribution in [3.63, 3.8) is 0 Å². The van der Waals surface area contributed by atoms with Gasteiger partial charge in [-0.15, -0.1) is 0 Å². The molecule has 0 aliphatic rings. The van der Waals surface area contributed by atoms with Crippen LogP contribution in [0.1, 0.15) is 104 Å². The Kier molecular flexibility index (Phi) is 25.6. The van der Waals surface area contributed by atoms with Gasteiger partial charge in [0.2, 0.25) is 0 Å². The molecule has 0 saturated carbocycles. The molecule has 1 unspecified atom stereocenters. The number of carboxylic acids is 1.